The lowest BCUT2D eigenvalue weighted by atomic mass is 9.72. The molecule has 28 heavy (non-hydrogen) atoms. The normalized spacial score (nSPS) is 11.8. The van der Waals surface area contributed by atoms with Crippen LogP contribution in [0.3, 0.4) is 0 Å². The Morgan fingerprint density at radius 2 is 1.14 bits per heavy atom. The van der Waals surface area contributed by atoms with E-state index in [1.807, 2.05) is 48.5 Å². The van der Waals surface area contributed by atoms with Crippen LogP contribution in [-0.2, 0) is 9.59 Å². The number of hydrogen-bond donors (Lipinski definition) is 2. The molecule has 0 heterocycles. The molecule has 0 saturated heterocycles. The Kier molecular flexibility index (Phi) is 7.70. The smallest absolute Gasteiger partial charge is 0.240 e. The van der Waals surface area contributed by atoms with Crippen molar-refractivity contribution in [3.63, 3.8) is 0 Å². The summed E-state index contributed by atoms with van der Waals surface area (Å²) in [6.45, 7) is 6.94. The van der Waals surface area contributed by atoms with Gasteiger partial charge in [-0.3, -0.25) is 9.59 Å². The molecule has 0 aliphatic heterocycles. The molecule has 2 amide bonds. The van der Waals surface area contributed by atoms with Crippen molar-refractivity contribution in [2.75, 3.05) is 10.6 Å². The lowest BCUT2D eigenvalue weighted by Gasteiger charge is -2.18. The Balaban J connectivity index is 1.88. The van der Waals surface area contributed by atoms with Gasteiger partial charge in [0.05, 0.1) is 12.2 Å². The van der Waals surface area contributed by atoms with Crippen LogP contribution in [0.1, 0.15) is 27.7 Å². The van der Waals surface area contributed by atoms with Crippen LogP contribution in [0.5, 0.6) is 0 Å². The van der Waals surface area contributed by atoms with Crippen molar-refractivity contribution in [1.82, 2.24) is 0 Å². The van der Waals surface area contributed by atoms with Crippen molar-refractivity contribution >= 4 is 68.6 Å². The third-order valence-corrected chi connectivity index (χ3v) is 6.36. The predicted octanol–water partition coefficient (Wildman–Crippen LogP) is 5.90. The fourth-order valence-electron chi connectivity index (χ4n) is 1.86. The maximum atomic E-state index is 12.0. The van der Waals surface area contributed by atoms with Crippen LogP contribution in [0, 0.1) is 0 Å². The van der Waals surface area contributed by atoms with Crippen LogP contribution in [0.25, 0.3) is 0 Å². The highest BCUT2D eigenvalue weighted by atomic mass is 79.9. The molecule has 2 aromatic rings. The summed E-state index contributed by atoms with van der Waals surface area (Å²) in [5.74, 6) is -0.315. The number of amides is 2. The fraction of sp³-hybridized carbons (Fsp3) is 0.300. The van der Waals surface area contributed by atoms with Crippen LogP contribution in [0.15, 0.2) is 58.3 Å². The lowest BCUT2D eigenvalue weighted by molar-refractivity contribution is -0.118. The first kappa shape index (κ1) is 22.9. The number of halogens is 1. The van der Waals surface area contributed by atoms with E-state index in [1.165, 1.54) is 0 Å². The lowest BCUT2D eigenvalue weighted by Crippen LogP contribution is -2.30. The number of rotatable bonds is 7. The molecule has 0 saturated carbocycles. The summed E-state index contributed by atoms with van der Waals surface area (Å²) in [4.78, 5) is 26.0. The second-order valence-corrected chi connectivity index (χ2v) is 11.6. The Hall–Kier alpha value is -1.38. The molecule has 8 heteroatoms. The maximum absolute atomic E-state index is 12.0. The molecule has 0 aliphatic carbocycles. The molecule has 0 atom stereocenters. The number of carbonyl (C=O) groups is 2. The summed E-state index contributed by atoms with van der Waals surface area (Å²) < 4.78 is -0.609. The first-order valence-electron chi connectivity index (χ1n) is 8.60. The van der Waals surface area contributed by atoms with Gasteiger partial charge in [-0.15, -0.1) is 0 Å². The summed E-state index contributed by atoms with van der Waals surface area (Å²) in [6.07, 6.45) is 0. The standard InChI is InChI=1S/C20H22BBrN2O2S2/c1-19(2,21)17(25)23-13-5-9-15(10-6-13)27-28-16-11-7-14(8-12-16)24-18(26)20(3,4)22/h5-12H,1-4H3,(H,23,25)(H,24,26). The molecule has 4 nitrogen and oxygen atoms in total. The maximum Gasteiger partial charge on any atom is 0.240 e. The van der Waals surface area contributed by atoms with E-state index in [2.05, 4.69) is 26.6 Å². The summed E-state index contributed by atoms with van der Waals surface area (Å²) in [6, 6.07) is 15.3. The molecule has 0 spiro atoms. The monoisotopic (exact) mass is 476 g/mol. The molecule has 2 N–H and O–H groups in total. The predicted molar refractivity (Wildman–Crippen MR) is 125 cm³/mol. The number of nitrogens with one attached hydrogen (secondary N) is 2. The molecule has 2 aromatic carbocycles. The van der Waals surface area contributed by atoms with Crippen molar-refractivity contribution in [3.05, 3.63) is 48.5 Å². The number of hydrogen-bond acceptors (Lipinski definition) is 4. The minimum atomic E-state index is -0.917. The molecule has 0 unspecified atom stereocenters. The highest BCUT2D eigenvalue weighted by Gasteiger charge is 2.23. The van der Waals surface area contributed by atoms with Gasteiger partial charge in [-0.2, -0.15) is 0 Å². The average Bonchev–Trinajstić information content (AvgIpc) is 2.60. The van der Waals surface area contributed by atoms with Crippen LogP contribution >= 0.6 is 37.5 Å². The fourth-order valence-corrected chi connectivity index (χ4v) is 3.89. The van der Waals surface area contributed by atoms with Gasteiger partial charge in [0.1, 0.15) is 0 Å². The van der Waals surface area contributed by atoms with Gasteiger partial charge in [0.2, 0.25) is 11.8 Å². The molecule has 0 fully saturated rings. The van der Waals surface area contributed by atoms with Crippen LogP contribution in [0.2, 0.25) is 5.31 Å². The Morgan fingerprint density at radius 3 is 1.46 bits per heavy atom. The van der Waals surface area contributed by atoms with E-state index < -0.39 is 9.64 Å². The summed E-state index contributed by atoms with van der Waals surface area (Å²) in [5.41, 5.74) is 1.47. The van der Waals surface area contributed by atoms with Gasteiger partial charge in [-0.25, -0.2) is 0 Å². The highest BCUT2D eigenvalue weighted by molar-refractivity contribution is 9.10. The molecule has 0 bridgehead atoms. The number of carbonyl (C=O) groups excluding carboxylic acids is 2. The van der Waals surface area contributed by atoms with E-state index in [0.29, 0.717) is 5.69 Å². The third-order valence-electron chi connectivity index (χ3n) is 3.58. The first-order chi connectivity index (χ1) is 12.9. The SMILES string of the molecule is [B]C(C)(C)C(=O)Nc1ccc(SSc2ccc(NC(=O)C(C)(C)Br)cc2)cc1. The largest absolute Gasteiger partial charge is 0.326 e. The quantitative estimate of drug-likeness (QED) is 0.296. The topological polar surface area (TPSA) is 58.2 Å². The summed E-state index contributed by atoms with van der Waals surface area (Å²) in [5, 5.41) is 4.75. The molecule has 2 rings (SSSR count). The van der Waals surface area contributed by atoms with E-state index >= 15 is 0 Å². The molecular weight excluding hydrogens is 455 g/mol. The summed E-state index contributed by atoms with van der Waals surface area (Å²) >= 11 is 3.35. The van der Waals surface area contributed by atoms with E-state index in [1.54, 1.807) is 49.3 Å². The van der Waals surface area contributed by atoms with E-state index in [-0.39, 0.29) is 11.8 Å². The van der Waals surface area contributed by atoms with Gasteiger partial charge in [-0.1, -0.05) is 51.4 Å². The second kappa shape index (κ2) is 9.42. The second-order valence-electron chi connectivity index (χ2n) is 7.32. The molecule has 0 aliphatic rings. The first-order valence-corrected chi connectivity index (χ1v) is 11.5. The number of anilines is 2. The Bertz CT molecular complexity index is 758. The van der Waals surface area contributed by atoms with Gasteiger partial charge in [0.15, 0.2) is 0 Å². The molecule has 0 aromatic heterocycles. The Morgan fingerprint density at radius 1 is 0.786 bits per heavy atom. The average molecular weight is 477 g/mol. The minimum absolute atomic E-state index is 0.0903. The van der Waals surface area contributed by atoms with Gasteiger partial charge in [0.25, 0.3) is 0 Å². The Labute approximate surface area is 183 Å². The van der Waals surface area contributed by atoms with Crippen molar-refractivity contribution in [2.45, 2.75) is 47.1 Å². The number of benzene rings is 2. The summed E-state index contributed by atoms with van der Waals surface area (Å²) in [7, 11) is 9.02. The minimum Gasteiger partial charge on any atom is -0.326 e. The number of alkyl halides is 1. The van der Waals surface area contributed by atoms with E-state index in [0.717, 1.165) is 15.5 Å². The van der Waals surface area contributed by atoms with Gasteiger partial charge in [-0.05, 0) is 62.4 Å². The van der Waals surface area contributed by atoms with Gasteiger partial charge < -0.3 is 10.6 Å². The zero-order valence-corrected chi connectivity index (χ0v) is 19.4. The van der Waals surface area contributed by atoms with Gasteiger partial charge in [0, 0.05) is 26.5 Å². The molecular formula is C20H22BBrN2O2S2. The van der Waals surface area contributed by atoms with E-state index in [9.17, 15) is 9.59 Å². The van der Waals surface area contributed by atoms with Crippen molar-refractivity contribution in [3.8, 4) is 0 Å². The zero-order chi connectivity index (χ0) is 20.9. The highest BCUT2D eigenvalue weighted by Crippen LogP contribution is 2.38. The molecule has 146 valence electrons. The van der Waals surface area contributed by atoms with Crippen molar-refractivity contribution < 1.29 is 9.59 Å². The van der Waals surface area contributed by atoms with Crippen molar-refractivity contribution in [2.24, 2.45) is 0 Å². The van der Waals surface area contributed by atoms with Gasteiger partial charge >= 0.3 is 0 Å². The van der Waals surface area contributed by atoms with Crippen LogP contribution in [-0.4, -0.2) is 24.0 Å². The third kappa shape index (κ3) is 7.22. The van der Waals surface area contributed by atoms with Crippen LogP contribution in [0.4, 0.5) is 11.4 Å². The zero-order valence-electron chi connectivity index (χ0n) is 16.2. The van der Waals surface area contributed by atoms with Crippen LogP contribution < -0.4 is 10.6 Å². The van der Waals surface area contributed by atoms with Crippen molar-refractivity contribution in [1.29, 1.82) is 0 Å². The van der Waals surface area contributed by atoms with E-state index in [4.69, 9.17) is 7.85 Å². The molecule has 2 radical (unpaired) electrons.